The van der Waals surface area contributed by atoms with Gasteiger partial charge in [0.1, 0.15) is 11.8 Å². The molecule has 0 saturated heterocycles. The molecule has 0 atom stereocenters. The second-order valence-electron chi connectivity index (χ2n) is 5.78. The van der Waals surface area contributed by atoms with Crippen LogP contribution in [0, 0.1) is 11.3 Å². The Kier molecular flexibility index (Phi) is 3.85. The van der Waals surface area contributed by atoms with Crippen LogP contribution in [0.2, 0.25) is 0 Å². The van der Waals surface area contributed by atoms with Crippen LogP contribution in [-0.4, -0.2) is 20.4 Å². The summed E-state index contributed by atoms with van der Waals surface area (Å²) in [5, 5.41) is 20.3. The zero-order valence-corrected chi connectivity index (χ0v) is 13.6. The average molecular weight is 365 g/mol. The number of nitrogens with zero attached hydrogens (tertiary/aromatic N) is 4. The number of nitriles is 1. The topological polar surface area (TPSA) is 78.2 Å². The first-order chi connectivity index (χ1) is 13.0. The lowest BCUT2D eigenvalue weighted by Crippen LogP contribution is -2.04. The standard InChI is InChI=1S/C19H10F3N5/c20-19(21,22)13-7-5-11(6-8-13)17-14(18-16(10-23)25-27-26-18)9-12-3-1-2-4-15(12)24-17/h1-9H,(H,25,26,27). The second kappa shape index (κ2) is 6.21. The molecule has 4 aromatic rings. The van der Waals surface area contributed by atoms with Gasteiger partial charge in [-0.15, -0.1) is 5.10 Å². The number of fused-ring (bicyclic) bond motifs is 1. The molecule has 0 aliphatic heterocycles. The molecule has 0 spiro atoms. The number of rotatable bonds is 2. The summed E-state index contributed by atoms with van der Waals surface area (Å²) in [5.74, 6) is 0. The highest BCUT2D eigenvalue weighted by molar-refractivity contribution is 5.91. The molecule has 4 rings (SSSR count). The predicted octanol–water partition coefficient (Wildman–Crippen LogP) is 4.58. The van der Waals surface area contributed by atoms with Crippen molar-refractivity contribution in [2.45, 2.75) is 6.18 Å². The molecule has 0 aliphatic rings. The fourth-order valence-electron chi connectivity index (χ4n) is 2.83. The Balaban J connectivity index is 1.96. The highest BCUT2D eigenvalue weighted by Crippen LogP contribution is 2.35. The van der Waals surface area contributed by atoms with Crippen molar-refractivity contribution in [3.05, 3.63) is 65.9 Å². The van der Waals surface area contributed by atoms with Crippen LogP contribution in [-0.2, 0) is 6.18 Å². The fraction of sp³-hybridized carbons (Fsp3) is 0.0526. The number of nitrogens with one attached hydrogen (secondary N) is 1. The molecule has 8 heteroatoms. The molecule has 27 heavy (non-hydrogen) atoms. The lowest BCUT2D eigenvalue weighted by molar-refractivity contribution is -0.137. The molecule has 2 heterocycles. The third-order valence-corrected chi connectivity index (χ3v) is 4.12. The molecular weight excluding hydrogens is 355 g/mol. The number of hydrogen-bond donors (Lipinski definition) is 1. The van der Waals surface area contributed by atoms with Gasteiger partial charge in [0.05, 0.1) is 16.8 Å². The average Bonchev–Trinajstić information content (AvgIpc) is 3.15. The van der Waals surface area contributed by atoms with Gasteiger partial charge < -0.3 is 0 Å². The maximum atomic E-state index is 12.9. The highest BCUT2D eigenvalue weighted by Gasteiger charge is 2.30. The number of pyridine rings is 1. The van der Waals surface area contributed by atoms with Crippen molar-refractivity contribution in [1.82, 2.24) is 20.4 Å². The molecule has 0 fully saturated rings. The lowest BCUT2D eigenvalue weighted by Gasteiger charge is -2.11. The van der Waals surface area contributed by atoms with Crippen molar-refractivity contribution >= 4 is 10.9 Å². The molecule has 1 N–H and O–H groups in total. The minimum Gasteiger partial charge on any atom is -0.247 e. The fourth-order valence-corrected chi connectivity index (χ4v) is 2.83. The SMILES string of the molecule is N#Cc1n[nH]nc1-c1cc2ccccc2nc1-c1ccc(C(F)(F)F)cc1. The van der Waals surface area contributed by atoms with Crippen molar-refractivity contribution in [2.24, 2.45) is 0 Å². The summed E-state index contributed by atoms with van der Waals surface area (Å²) in [6.45, 7) is 0. The van der Waals surface area contributed by atoms with Crippen molar-refractivity contribution in [2.75, 3.05) is 0 Å². The van der Waals surface area contributed by atoms with Crippen LogP contribution in [0.25, 0.3) is 33.4 Å². The van der Waals surface area contributed by atoms with Crippen LogP contribution in [0.1, 0.15) is 11.3 Å². The Hall–Kier alpha value is -3.73. The largest absolute Gasteiger partial charge is 0.416 e. The zero-order chi connectivity index (χ0) is 19.0. The summed E-state index contributed by atoms with van der Waals surface area (Å²) in [6.07, 6.45) is -4.42. The number of hydrogen-bond acceptors (Lipinski definition) is 4. The van der Waals surface area contributed by atoms with E-state index in [-0.39, 0.29) is 5.69 Å². The van der Waals surface area contributed by atoms with E-state index >= 15 is 0 Å². The van der Waals surface area contributed by atoms with Crippen molar-refractivity contribution in [1.29, 1.82) is 5.26 Å². The maximum absolute atomic E-state index is 12.9. The summed E-state index contributed by atoms with van der Waals surface area (Å²) in [7, 11) is 0. The Morgan fingerprint density at radius 1 is 0.926 bits per heavy atom. The van der Waals surface area contributed by atoms with Gasteiger partial charge in [0.2, 0.25) is 0 Å². The van der Waals surface area contributed by atoms with Gasteiger partial charge in [-0.2, -0.15) is 28.7 Å². The number of aromatic nitrogens is 4. The van der Waals surface area contributed by atoms with Crippen LogP contribution in [0.3, 0.4) is 0 Å². The van der Waals surface area contributed by atoms with Crippen LogP contribution in [0.15, 0.2) is 54.6 Å². The quantitative estimate of drug-likeness (QED) is 0.564. The summed E-state index contributed by atoms with van der Waals surface area (Å²) >= 11 is 0. The van der Waals surface area contributed by atoms with Crippen LogP contribution in [0.5, 0.6) is 0 Å². The molecule has 5 nitrogen and oxygen atoms in total. The first-order valence-corrected chi connectivity index (χ1v) is 7.86. The van der Waals surface area contributed by atoms with Gasteiger partial charge >= 0.3 is 6.18 Å². The molecule has 2 aromatic heterocycles. The molecule has 0 saturated carbocycles. The van der Waals surface area contributed by atoms with E-state index in [2.05, 4.69) is 20.4 Å². The minimum atomic E-state index is -4.42. The number of benzene rings is 2. The first kappa shape index (κ1) is 16.7. The van der Waals surface area contributed by atoms with Gasteiger partial charge in [0.15, 0.2) is 5.69 Å². The predicted molar refractivity (Wildman–Crippen MR) is 92.3 cm³/mol. The third kappa shape index (κ3) is 3.00. The molecule has 0 radical (unpaired) electrons. The summed E-state index contributed by atoms with van der Waals surface area (Å²) in [4.78, 5) is 4.60. The first-order valence-electron chi connectivity index (χ1n) is 7.86. The molecule has 0 bridgehead atoms. The second-order valence-corrected chi connectivity index (χ2v) is 5.78. The lowest BCUT2D eigenvalue weighted by atomic mass is 9.99. The van der Waals surface area contributed by atoms with Crippen LogP contribution in [0.4, 0.5) is 13.2 Å². The van der Waals surface area contributed by atoms with Crippen LogP contribution >= 0.6 is 0 Å². The molecule has 0 aliphatic carbocycles. The normalized spacial score (nSPS) is 11.5. The number of alkyl halides is 3. The monoisotopic (exact) mass is 365 g/mol. The van der Waals surface area contributed by atoms with Crippen molar-refractivity contribution in [3.8, 4) is 28.6 Å². The molecule has 132 valence electrons. The van der Waals surface area contributed by atoms with E-state index in [9.17, 15) is 18.4 Å². The number of halogens is 3. The van der Waals surface area contributed by atoms with Gasteiger partial charge in [-0.1, -0.05) is 30.3 Å². The summed E-state index contributed by atoms with van der Waals surface area (Å²) in [6, 6.07) is 15.8. The van der Waals surface area contributed by atoms with Crippen LogP contribution < -0.4 is 0 Å². The number of aromatic amines is 1. The number of para-hydroxylation sites is 1. The molecule has 0 amide bonds. The Morgan fingerprint density at radius 2 is 1.67 bits per heavy atom. The van der Waals surface area contributed by atoms with Crippen molar-refractivity contribution in [3.63, 3.8) is 0 Å². The van der Waals surface area contributed by atoms with Gasteiger partial charge in [-0.3, -0.25) is 0 Å². The van der Waals surface area contributed by atoms with E-state index in [0.717, 1.165) is 17.5 Å². The van der Waals surface area contributed by atoms with Gasteiger partial charge in [-0.05, 0) is 24.3 Å². The third-order valence-electron chi connectivity index (χ3n) is 4.12. The van der Waals surface area contributed by atoms with Gasteiger partial charge in [0, 0.05) is 16.5 Å². The Labute approximate surface area is 151 Å². The smallest absolute Gasteiger partial charge is 0.247 e. The van der Waals surface area contributed by atoms with E-state index in [1.807, 2.05) is 24.3 Å². The van der Waals surface area contributed by atoms with E-state index in [1.165, 1.54) is 12.1 Å². The zero-order valence-electron chi connectivity index (χ0n) is 13.6. The number of H-pyrrole nitrogens is 1. The molecule has 0 unspecified atom stereocenters. The Bertz CT molecular complexity index is 1170. The summed E-state index contributed by atoms with van der Waals surface area (Å²) < 4.78 is 38.6. The summed E-state index contributed by atoms with van der Waals surface area (Å²) in [5.41, 5.74) is 1.74. The highest BCUT2D eigenvalue weighted by atomic mass is 19.4. The molecule has 2 aromatic carbocycles. The van der Waals surface area contributed by atoms with Gasteiger partial charge in [0.25, 0.3) is 0 Å². The maximum Gasteiger partial charge on any atom is 0.416 e. The van der Waals surface area contributed by atoms with Gasteiger partial charge in [-0.25, -0.2) is 4.98 Å². The minimum absolute atomic E-state index is 0.0836. The van der Waals surface area contributed by atoms with E-state index < -0.39 is 11.7 Å². The molecular formula is C19H10F3N5. The van der Waals surface area contributed by atoms with E-state index in [4.69, 9.17) is 0 Å². The van der Waals surface area contributed by atoms with E-state index in [0.29, 0.717) is 28.0 Å². The van der Waals surface area contributed by atoms with E-state index in [1.54, 1.807) is 12.1 Å². The van der Waals surface area contributed by atoms with Crippen molar-refractivity contribution < 1.29 is 13.2 Å². The Morgan fingerprint density at radius 3 is 2.37 bits per heavy atom.